The van der Waals surface area contributed by atoms with Gasteiger partial charge in [-0.05, 0) is 28.4 Å². The van der Waals surface area contributed by atoms with Crippen molar-refractivity contribution in [2.45, 2.75) is 10.6 Å². The van der Waals surface area contributed by atoms with Crippen molar-refractivity contribution in [2.75, 3.05) is 18.6 Å². The first kappa shape index (κ1) is 16.4. The number of rotatable bonds is 6. The molecule has 1 rings (SSSR count). The van der Waals surface area contributed by atoms with Gasteiger partial charge < -0.3 is 0 Å². The second-order valence-electron chi connectivity index (χ2n) is 3.57. The summed E-state index contributed by atoms with van der Waals surface area (Å²) in [5.41, 5.74) is 0. The van der Waals surface area contributed by atoms with Crippen molar-refractivity contribution in [3.8, 4) is 0 Å². The molecular weight excluding hydrogens is 386 g/mol. The standard InChI is InChI=1S/C8H11BrClNO4S3/c1-17(12,13)4-2-3-11-18(14,15)7-5-6(10)8(9)16-7/h5,11H,2-4H2,1H3. The quantitative estimate of drug-likeness (QED) is 0.744. The van der Waals surface area contributed by atoms with Crippen molar-refractivity contribution in [1.82, 2.24) is 4.72 Å². The average Bonchev–Trinajstić information content (AvgIpc) is 2.54. The maximum atomic E-state index is 11.8. The Morgan fingerprint density at radius 3 is 2.44 bits per heavy atom. The molecule has 1 heterocycles. The van der Waals surface area contributed by atoms with Crippen molar-refractivity contribution >= 4 is 58.7 Å². The van der Waals surface area contributed by atoms with Crippen LogP contribution in [0.2, 0.25) is 5.02 Å². The second kappa shape index (κ2) is 6.19. The third-order valence-corrected chi connectivity index (χ3v) is 7.31. The van der Waals surface area contributed by atoms with E-state index in [0.717, 1.165) is 17.6 Å². The molecule has 104 valence electrons. The minimum Gasteiger partial charge on any atom is -0.229 e. The van der Waals surface area contributed by atoms with Gasteiger partial charge in [-0.25, -0.2) is 21.6 Å². The van der Waals surface area contributed by atoms with Gasteiger partial charge in [0.2, 0.25) is 10.0 Å². The molecule has 0 radical (unpaired) electrons. The first-order valence-corrected chi connectivity index (χ1v) is 10.3. The van der Waals surface area contributed by atoms with Gasteiger partial charge in [-0.2, -0.15) is 0 Å². The number of hydrogen-bond acceptors (Lipinski definition) is 5. The Balaban J connectivity index is 2.61. The lowest BCUT2D eigenvalue weighted by Gasteiger charge is -2.03. The average molecular weight is 397 g/mol. The Bertz CT molecular complexity index is 603. The monoisotopic (exact) mass is 395 g/mol. The Kier molecular flexibility index (Phi) is 5.63. The summed E-state index contributed by atoms with van der Waals surface area (Å²) in [7, 11) is -6.69. The van der Waals surface area contributed by atoms with Gasteiger partial charge in [-0.1, -0.05) is 11.6 Å². The molecule has 0 atom stereocenters. The van der Waals surface area contributed by atoms with Gasteiger partial charge >= 0.3 is 0 Å². The molecule has 0 saturated carbocycles. The second-order valence-corrected chi connectivity index (χ2v) is 10.6. The molecule has 1 N–H and O–H groups in total. The Labute approximate surface area is 124 Å². The summed E-state index contributed by atoms with van der Waals surface area (Å²) in [4.78, 5) is 0. The fourth-order valence-electron chi connectivity index (χ4n) is 1.07. The molecule has 0 bridgehead atoms. The number of nitrogens with one attached hydrogen (secondary N) is 1. The molecule has 0 fully saturated rings. The first-order valence-electron chi connectivity index (χ1n) is 4.74. The number of hydrogen-bond donors (Lipinski definition) is 1. The largest absolute Gasteiger partial charge is 0.250 e. The molecule has 1 aromatic heterocycles. The van der Waals surface area contributed by atoms with Gasteiger partial charge in [0, 0.05) is 12.8 Å². The zero-order chi connectivity index (χ0) is 14.0. The molecule has 0 unspecified atom stereocenters. The van der Waals surface area contributed by atoms with Crippen LogP contribution in [0, 0.1) is 0 Å². The van der Waals surface area contributed by atoms with Crippen LogP contribution in [-0.4, -0.2) is 35.4 Å². The highest BCUT2D eigenvalue weighted by Gasteiger charge is 2.18. The SMILES string of the molecule is CS(=O)(=O)CCCNS(=O)(=O)c1cc(Cl)c(Br)s1. The van der Waals surface area contributed by atoms with E-state index in [1.165, 1.54) is 6.07 Å². The van der Waals surface area contributed by atoms with E-state index in [4.69, 9.17) is 11.6 Å². The summed E-state index contributed by atoms with van der Waals surface area (Å²) >= 11 is 9.88. The highest BCUT2D eigenvalue weighted by molar-refractivity contribution is 9.11. The minimum absolute atomic E-state index is 0.0512. The summed E-state index contributed by atoms with van der Waals surface area (Å²) in [6, 6.07) is 1.34. The van der Waals surface area contributed by atoms with Gasteiger partial charge in [-0.3, -0.25) is 0 Å². The Morgan fingerprint density at radius 2 is 2.00 bits per heavy atom. The van der Waals surface area contributed by atoms with E-state index in [2.05, 4.69) is 20.7 Å². The number of sulfone groups is 1. The van der Waals surface area contributed by atoms with Crippen molar-refractivity contribution in [3.63, 3.8) is 0 Å². The highest BCUT2D eigenvalue weighted by Crippen LogP contribution is 2.34. The summed E-state index contributed by atoms with van der Waals surface area (Å²) in [5, 5.41) is 0.330. The van der Waals surface area contributed by atoms with Crippen molar-refractivity contribution in [3.05, 3.63) is 14.9 Å². The molecule has 18 heavy (non-hydrogen) atoms. The van der Waals surface area contributed by atoms with Crippen LogP contribution >= 0.6 is 38.9 Å². The van der Waals surface area contributed by atoms with E-state index >= 15 is 0 Å². The lowest BCUT2D eigenvalue weighted by molar-refractivity contribution is 0.579. The fraction of sp³-hybridized carbons (Fsp3) is 0.500. The smallest absolute Gasteiger partial charge is 0.229 e. The van der Waals surface area contributed by atoms with Gasteiger partial charge in [0.1, 0.15) is 14.0 Å². The van der Waals surface area contributed by atoms with Crippen LogP contribution in [0.4, 0.5) is 0 Å². The van der Waals surface area contributed by atoms with Crippen molar-refractivity contribution < 1.29 is 16.8 Å². The van der Waals surface area contributed by atoms with Crippen molar-refractivity contribution in [2.24, 2.45) is 0 Å². The summed E-state index contributed by atoms with van der Waals surface area (Å²) in [6.07, 6.45) is 1.34. The lowest BCUT2D eigenvalue weighted by atomic mass is 10.5. The predicted octanol–water partition coefficient (Wildman–Crippen LogP) is 1.88. The van der Waals surface area contributed by atoms with Crippen LogP contribution in [0.3, 0.4) is 0 Å². The van der Waals surface area contributed by atoms with E-state index in [1.54, 1.807) is 0 Å². The molecule has 10 heteroatoms. The molecule has 0 saturated heterocycles. The molecule has 0 aliphatic heterocycles. The Hall–Kier alpha value is 0.330. The van der Waals surface area contributed by atoms with Crippen LogP contribution < -0.4 is 4.72 Å². The van der Waals surface area contributed by atoms with Gasteiger partial charge in [-0.15, -0.1) is 11.3 Å². The predicted molar refractivity (Wildman–Crippen MR) is 76.5 cm³/mol. The third kappa shape index (κ3) is 5.14. The molecular formula is C8H11BrClNO4S3. The summed E-state index contributed by atoms with van der Waals surface area (Å²) in [6.45, 7) is 0.0720. The summed E-state index contributed by atoms with van der Waals surface area (Å²) < 4.78 is 48.3. The number of halogens is 2. The number of sulfonamides is 1. The van der Waals surface area contributed by atoms with Crippen LogP contribution in [0.15, 0.2) is 14.1 Å². The zero-order valence-electron chi connectivity index (χ0n) is 9.31. The van der Waals surface area contributed by atoms with Crippen LogP contribution in [-0.2, 0) is 19.9 Å². The molecule has 0 aliphatic rings. The van der Waals surface area contributed by atoms with Gasteiger partial charge in [0.05, 0.1) is 14.6 Å². The van der Waals surface area contributed by atoms with E-state index in [1.807, 2.05) is 0 Å². The topological polar surface area (TPSA) is 80.3 Å². The number of thiophene rings is 1. The van der Waals surface area contributed by atoms with Crippen LogP contribution in [0.5, 0.6) is 0 Å². The molecule has 0 spiro atoms. The molecule has 0 amide bonds. The molecule has 0 aliphatic carbocycles. The summed E-state index contributed by atoms with van der Waals surface area (Å²) in [5.74, 6) is -0.0512. The normalized spacial score (nSPS) is 12.8. The first-order chi connectivity index (χ1) is 8.12. The third-order valence-electron chi connectivity index (χ3n) is 1.87. The van der Waals surface area contributed by atoms with E-state index in [9.17, 15) is 16.8 Å². The van der Waals surface area contributed by atoms with Gasteiger partial charge in [0.15, 0.2) is 0 Å². The van der Waals surface area contributed by atoms with E-state index in [-0.39, 0.29) is 22.9 Å². The van der Waals surface area contributed by atoms with Gasteiger partial charge in [0.25, 0.3) is 0 Å². The molecule has 1 aromatic rings. The van der Waals surface area contributed by atoms with Crippen LogP contribution in [0.1, 0.15) is 6.42 Å². The lowest BCUT2D eigenvalue weighted by Crippen LogP contribution is -2.25. The maximum Gasteiger partial charge on any atom is 0.250 e. The van der Waals surface area contributed by atoms with Crippen LogP contribution in [0.25, 0.3) is 0 Å². The maximum absolute atomic E-state index is 11.8. The minimum atomic E-state index is -3.62. The Morgan fingerprint density at radius 1 is 1.39 bits per heavy atom. The fourth-order valence-corrected chi connectivity index (χ4v) is 5.26. The molecule has 5 nitrogen and oxygen atoms in total. The van der Waals surface area contributed by atoms with E-state index in [0.29, 0.717) is 8.81 Å². The highest BCUT2D eigenvalue weighted by atomic mass is 79.9. The molecule has 0 aromatic carbocycles. The zero-order valence-corrected chi connectivity index (χ0v) is 14.1. The van der Waals surface area contributed by atoms with E-state index < -0.39 is 19.9 Å². The van der Waals surface area contributed by atoms with Crippen molar-refractivity contribution in [1.29, 1.82) is 0 Å².